The van der Waals surface area contributed by atoms with Gasteiger partial charge in [-0.3, -0.25) is 9.59 Å². The van der Waals surface area contributed by atoms with Crippen molar-refractivity contribution in [2.24, 2.45) is 0 Å². The third-order valence-corrected chi connectivity index (χ3v) is 5.86. The maximum absolute atomic E-state index is 12.8. The van der Waals surface area contributed by atoms with E-state index in [1.54, 1.807) is 0 Å². The molecule has 6 heteroatoms. The first-order chi connectivity index (χ1) is 12.0. The van der Waals surface area contributed by atoms with Crippen molar-refractivity contribution in [3.63, 3.8) is 0 Å². The number of halogens is 2. The minimum atomic E-state index is -0.283. The summed E-state index contributed by atoms with van der Waals surface area (Å²) in [6, 6.07) is 0. The Morgan fingerprint density at radius 3 is 1.92 bits per heavy atom. The largest absolute Gasteiger partial charge is 0.489 e. The normalized spacial score (nSPS) is 16.5. The molecule has 0 spiro atoms. The molecule has 0 aromatic carbocycles. The molecule has 0 fully saturated rings. The monoisotopic (exact) mass is 478 g/mol. The van der Waals surface area contributed by atoms with Crippen LogP contribution in [0.1, 0.15) is 58.3 Å². The molecule has 1 unspecified atom stereocenters. The summed E-state index contributed by atoms with van der Waals surface area (Å²) in [6.07, 6.45) is 9.30. The van der Waals surface area contributed by atoms with E-state index in [2.05, 4.69) is 38.8 Å². The van der Waals surface area contributed by atoms with E-state index in [4.69, 9.17) is 9.47 Å². The average molecular weight is 480 g/mol. The van der Waals surface area contributed by atoms with Gasteiger partial charge in [0, 0.05) is 21.3 Å². The van der Waals surface area contributed by atoms with Crippen molar-refractivity contribution >= 4 is 43.4 Å². The molecule has 1 atom stereocenters. The Kier molecular flexibility index (Phi) is 10.7. The molecule has 0 aromatic heterocycles. The number of hydrogen-bond acceptors (Lipinski definition) is 4. The van der Waals surface area contributed by atoms with Gasteiger partial charge in [0.05, 0.1) is 14.2 Å². The minimum Gasteiger partial charge on any atom is -0.489 e. The molecule has 1 rings (SSSR count). The van der Waals surface area contributed by atoms with Gasteiger partial charge >= 0.3 is 0 Å². The highest BCUT2D eigenvalue weighted by Gasteiger charge is 2.38. The Morgan fingerprint density at radius 2 is 1.40 bits per heavy atom. The lowest BCUT2D eigenvalue weighted by Crippen LogP contribution is -2.30. The molecule has 0 saturated heterocycles. The minimum absolute atomic E-state index is 0.00350. The third-order valence-electron chi connectivity index (χ3n) is 4.38. The van der Waals surface area contributed by atoms with Crippen LogP contribution in [0.3, 0.4) is 0 Å². The van der Waals surface area contributed by atoms with Gasteiger partial charge in [-0.2, -0.15) is 0 Å². The summed E-state index contributed by atoms with van der Waals surface area (Å²) in [4.78, 5) is 25.2. The van der Waals surface area contributed by atoms with Crippen molar-refractivity contribution in [1.82, 2.24) is 0 Å². The molecule has 142 valence electrons. The first kappa shape index (κ1) is 22.4. The van der Waals surface area contributed by atoms with E-state index in [0.29, 0.717) is 16.5 Å². The lowest BCUT2D eigenvalue weighted by molar-refractivity contribution is -0.121. The van der Waals surface area contributed by atoms with E-state index in [0.717, 1.165) is 19.3 Å². The van der Waals surface area contributed by atoms with Crippen LogP contribution in [0, 0.1) is 0 Å². The van der Waals surface area contributed by atoms with E-state index < -0.39 is 0 Å². The third kappa shape index (κ3) is 5.95. The van der Waals surface area contributed by atoms with Crippen molar-refractivity contribution in [2.45, 2.75) is 63.1 Å². The molecule has 0 amide bonds. The predicted octanol–water partition coefficient (Wildman–Crippen LogP) is 5.24. The summed E-state index contributed by atoms with van der Waals surface area (Å²) < 4.78 is 10.2. The SMILES string of the molecule is CCCCCCCCCC(Br)C1=C(CBr)C(=O)C(OC)=C(OC)C1=O. The van der Waals surface area contributed by atoms with Crippen molar-refractivity contribution in [2.75, 3.05) is 19.5 Å². The van der Waals surface area contributed by atoms with Crippen LogP contribution in [-0.4, -0.2) is 35.9 Å². The molecule has 1 aliphatic carbocycles. The fraction of sp³-hybridized carbons (Fsp3) is 0.684. The second-order valence-corrected chi connectivity index (χ2v) is 7.79. The maximum atomic E-state index is 12.8. The molecule has 4 nitrogen and oxygen atoms in total. The lowest BCUT2D eigenvalue weighted by atomic mass is 9.89. The van der Waals surface area contributed by atoms with Crippen LogP contribution in [0.15, 0.2) is 22.7 Å². The molecule has 0 heterocycles. The summed E-state index contributed by atoms with van der Waals surface area (Å²) in [6.45, 7) is 2.21. The van der Waals surface area contributed by atoms with Crippen LogP contribution in [0.25, 0.3) is 0 Å². The van der Waals surface area contributed by atoms with Crippen LogP contribution < -0.4 is 0 Å². The van der Waals surface area contributed by atoms with Crippen molar-refractivity contribution < 1.29 is 19.1 Å². The molecule has 0 saturated carbocycles. The Hall–Kier alpha value is -0.620. The van der Waals surface area contributed by atoms with Gasteiger partial charge in [0.15, 0.2) is 0 Å². The first-order valence-electron chi connectivity index (χ1n) is 8.88. The number of carbonyl (C=O) groups is 2. The first-order valence-corrected chi connectivity index (χ1v) is 10.9. The van der Waals surface area contributed by atoms with E-state index in [9.17, 15) is 9.59 Å². The molecule has 0 bridgehead atoms. The summed E-state index contributed by atoms with van der Waals surface area (Å²) in [7, 11) is 2.76. The van der Waals surface area contributed by atoms with E-state index in [1.165, 1.54) is 46.3 Å². The number of carbonyl (C=O) groups excluding carboxylic acids is 2. The zero-order chi connectivity index (χ0) is 18.8. The molecular weight excluding hydrogens is 452 g/mol. The van der Waals surface area contributed by atoms with Gasteiger partial charge in [0.1, 0.15) is 0 Å². The predicted molar refractivity (Wildman–Crippen MR) is 107 cm³/mol. The zero-order valence-corrected chi connectivity index (χ0v) is 18.5. The molecular formula is C19H28Br2O4. The van der Waals surface area contributed by atoms with Crippen molar-refractivity contribution in [1.29, 1.82) is 0 Å². The molecule has 0 radical (unpaired) electrons. The van der Waals surface area contributed by atoms with E-state index in [-0.39, 0.29) is 27.9 Å². The van der Waals surface area contributed by atoms with Crippen LogP contribution in [-0.2, 0) is 19.1 Å². The molecule has 0 N–H and O–H groups in total. The lowest BCUT2D eigenvalue weighted by Gasteiger charge is -2.24. The Bertz CT molecular complexity index is 538. The van der Waals surface area contributed by atoms with Gasteiger partial charge in [0.25, 0.3) is 0 Å². The van der Waals surface area contributed by atoms with Gasteiger partial charge < -0.3 is 9.47 Å². The summed E-state index contributed by atoms with van der Waals surface area (Å²) in [5, 5.41) is 0.315. The van der Waals surface area contributed by atoms with Gasteiger partial charge in [0.2, 0.25) is 23.1 Å². The van der Waals surface area contributed by atoms with Gasteiger partial charge in [-0.1, -0.05) is 83.7 Å². The van der Waals surface area contributed by atoms with Crippen LogP contribution in [0.4, 0.5) is 0 Å². The summed E-state index contributed by atoms with van der Waals surface area (Å²) in [5.41, 5.74) is 0.943. The Morgan fingerprint density at radius 1 is 0.880 bits per heavy atom. The molecule has 0 aromatic rings. The van der Waals surface area contributed by atoms with Crippen molar-refractivity contribution in [3.8, 4) is 0 Å². The Balaban J connectivity index is 2.73. The summed E-state index contributed by atoms with van der Waals surface area (Å²) >= 11 is 6.94. The number of allylic oxidation sites excluding steroid dienone is 2. The summed E-state index contributed by atoms with van der Waals surface area (Å²) in [5.74, 6) is -0.564. The molecule has 0 aliphatic heterocycles. The highest BCUT2D eigenvalue weighted by Crippen LogP contribution is 2.33. The number of rotatable bonds is 12. The maximum Gasteiger partial charge on any atom is 0.229 e. The van der Waals surface area contributed by atoms with Crippen molar-refractivity contribution in [3.05, 3.63) is 22.7 Å². The van der Waals surface area contributed by atoms with Gasteiger partial charge in [-0.05, 0) is 6.42 Å². The van der Waals surface area contributed by atoms with Crippen LogP contribution >= 0.6 is 31.9 Å². The van der Waals surface area contributed by atoms with Gasteiger partial charge in [-0.15, -0.1) is 0 Å². The number of ketones is 2. The number of methoxy groups -OCH3 is 2. The van der Waals surface area contributed by atoms with Crippen LogP contribution in [0.2, 0.25) is 0 Å². The molecule has 25 heavy (non-hydrogen) atoms. The number of ether oxygens (including phenoxy) is 2. The number of Topliss-reactive ketones (excluding diaryl/α,β-unsaturated/α-hetero) is 2. The number of unbranched alkanes of at least 4 members (excludes halogenated alkanes) is 6. The van der Waals surface area contributed by atoms with Gasteiger partial charge in [-0.25, -0.2) is 0 Å². The average Bonchev–Trinajstić information content (AvgIpc) is 2.61. The number of hydrogen-bond donors (Lipinski definition) is 0. The second-order valence-electron chi connectivity index (χ2n) is 6.13. The number of alkyl halides is 2. The Labute approximate surface area is 167 Å². The molecule has 1 aliphatic rings. The quantitative estimate of drug-likeness (QED) is 0.218. The fourth-order valence-electron chi connectivity index (χ4n) is 2.98. The fourth-order valence-corrected chi connectivity index (χ4v) is 4.35. The van der Waals surface area contributed by atoms with E-state index in [1.807, 2.05) is 0 Å². The second kappa shape index (κ2) is 11.9. The van der Waals surface area contributed by atoms with E-state index >= 15 is 0 Å². The standard InChI is InChI=1S/C19H28Br2O4/c1-4-5-6-7-8-9-10-11-14(21)15-13(12-20)16(22)18(24-2)19(25-3)17(15)23/h14H,4-12H2,1-3H3. The highest BCUT2D eigenvalue weighted by molar-refractivity contribution is 9.09. The van der Waals surface area contributed by atoms with Crippen LogP contribution in [0.5, 0.6) is 0 Å². The highest BCUT2D eigenvalue weighted by atomic mass is 79.9. The topological polar surface area (TPSA) is 52.6 Å². The smallest absolute Gasteiger partial charge is 0.229 e. The zero-order valence-electron chi connectivity index (χ0n) is 15.3.